The van der Waals surface area contributed by atoms with E-state index in [9.17, 15) is 0 Å². The molecule has 0 unspecified atom stereocenters. The van der Waals surface area contributed by atoms with Crippen molar-refractivity contribution in [2.24, 2.45) is 0 Å². The number of pyridine rings is 1. The Morgan fingerprint density at radius 3 is 2.56 bits per heavy atom. The van der Waals surface area contributed by atoms with Gasteiger partial charge in [-0.2, -0.15) is 0 Å². The van der Waals surface area contributed by atoms with Crippen molar-refractivity contribution in [1.29, 1.82) is 0 Å². The van der Waals surface area contributed by atoms with Gasteiger partial charge in [-0.05, 0) is 30.3 Å². The fourth-order valence-corrected chi connectivity index (χ4v) is 2.86. The molecule has 18 heavy (non-hydrogen) atoms. The van der Waals surface area contributed by atoms with Crippen LogP contribution in [0.15, 0.2) is 35.2 Å². The molecule has 2 N–H and O–H groups in total. The maximum Gasteiger partial charge on any atom is 0.129 e. The van der Waals surface area contributed by atoms with Gasteiger partial charge in [0.2, 0.25) is 0 Å². The standard InChI is InChI=1S/C12H9Cl3N2S/c13-8-2-4-12(15)17-11(8)6-18-7-1-3-10(16)9(14)5-7/h1-5H,6,16H2. The average Bonchev–Trinajstić information content (AvgIpc) is 2.34. The molecule has 0 saturated heterocycles. The smallest absolute Gasteiger partial charge is 0.129 e. The quantitative estimate of drug-likeness (QED) is 0.496. The van der Waals surface area contributed by atoms with E-state index in [-0.39, 0.29) is 0 Å². The van der Waals surface area contributed by atoms with Crippen LogP contribution in [0.25, 0.3) is 0 Å². The third kappa shape index (κ3) is 3.45. The van der Waals surface area contributed by atoms with Crippen LogP contribution in [0, 0.1) is 0 Å². The Kier molecular flexibility index (Phi) is 4.62. The fourth-order valence-electron chi connectivity index (χ4n) is 1.31. The summed E-state index contributed by atoms with van der Waals surface area (Å²) in [4.78, 5) is 5.19. The Bertz CT molecular complexity index is 575. The molecule has 0 aliphatic carbocycles. The molecule has 0 amide bonds. The summed E-state index contributed by atoms with van der Waals surface area (Å²) in [6.07, 6.45) is 0. The van der Waals surface area contributed by atoms with Crippen LogP contribution in [0.4, 0.5) is 5.69 Å². The Morgan fingerprint density at radius 2 is 1.83 bits per heavy atom. The zero-order valence-corrected chi connectivity index (χ0v) is 12.2. The minimum Gasteiger partial charge on any atom is -0.398 e. The van der Waals surface area contributed by atoms with Crippen LogP contribution in [-0.2, 0) is 5.75 Å². The van der Waals surface area contributed by atoms with E-state index in [0.29, 0.717) is 26.6 Å². The normalized spacial score (nSPS) is 10.6. The Morgan fingerprint density at radius 1 is 1.06 bits per heavy atom. The molecule has 94 valence electrons. The number of nitrogen functional groups attached to an aromatic ring is 1. The number of aromatic nitrogens is 1. The predicted octanol–water partition coefficient (Wildman–Crippen LogP) is 4.92. The van der Waals surface area contributed by atoms with Crippen molar-refractivity contribution in [3.8, 4) is 0 Å². The lowest BCUT2D eigenvalue weighted by atomic mass is 10.3. The van der Waals surface area contributed by atoms with Gasteiger partial charge in [0.1, 0.15) is 5.15 Å². The van der Waals surface area contributed by atoms with Crippen molar-refractivity contribution in [1.82, 2.24) is 4.98 Å². The highest BCUT2D eigenvalue weighted by Crippen LogP contribution is 2.30. The highest BCUT2D eigenvalue weighted by atomic mass is 35.5. The monoisotopic (exact) mass is 318 g/mol. The molecule has 0 saturated carbocycles. The molecule has 6 heteroatoms. The largest absolute Gasteiger partial charge is 0.398 e. The first-order chi connectivity index (χ1) is 8.56. The summed E-state index contributed by atoms with van der Waals surface area (Å²) < 4.78 is 0. The molecule has 0 fully saturated rings. The average molecular weight is 320 g/mol. The predicted molar refractivity (Wildman–Crippen MR) is 79.7 cm³/mol. The van der Waals surface area contributed by atoms with E-state index < -0.39 is 0 Å². The van der Waals surface area contributed by atoms with Gasteiger partial charge in [0.25, 0.3) is 0 Å². The number of halogens is 3. The highest BCUT2D eigenvalue weighted by Gasteiger charge is 2.05. The third-order valence-corrected chi connectivity index (χ3v) is 4.12. The molecule has 1 aromatic heterocycles. The molecule has 2 nitrogen and oxygen atoms in total. The molecule has 0 spiro atoms. The molecular formula is C12H9Cl3N2S. The lowest BCUT2D eigenvalue weighted by Crippen LogP contribution is -1.90. The molecule has 0 radical (unpaired) electrons. The fraction of sp³-hybridized carbons (Fsp3) is 0.0833. The van der Waals surface area contributed by atoms with Crippen LogP contribution < -0.4 is 5.73 Å². The van der Waals surface area contributed by atoms with E-state index in [1.54, 1.807) is 30.0 Å². The van der Waals surface area contributed by atoms with Gasteiger partial charge in [-0.25, -0.2) is 4.98 Å². The van der Waals surface area contributed by atoms with E-state index in [1.807, 2.05) is 12.1 Å². The highest BCUT2D eigenvalue weighted by molar-refractivity contribution is 7.98. The van der Waals surface area contributed by atoms with Gasteiger partial charge < -0.3 is 5.73 Å². The van der Waals surface area contributed by atoms with E-state index >= 15 is 0 Å². The number of nitrogens with zero attached hydrogens (tertiary/aromatic N) is 1. The van der Waals surface area contributed by atoms with E-state index in [1.165, 1.54) is 0 Å². The minimum atomic E-state index is 0.435. The maximum atomic E-state index is 6.04. The Labute approximate surface area is 124 Å². The maximum absolute atomic E-state index is 6.04. The summed E-state index contributed by atoms with van der Waals surface area (Å²) in [5.74, 6) is 0.625. The van der Waals surface area contributed by atoms with Gasteiger partial charge >= 0.3 is 0 Å². The molecule has 0 aliphatic rings. The van der Waals surface area contributed by atoms with E-state index in [0.717, 1.165) is 10.6 Å². The van der Waals surface area contributed by atoms with E-state index in [4.69, 9.17) is 40.5 Å². The van der Waals surface area contributed by atoms with Crippen LogP contribution in [0.2, 0.25) is 15.2 Å². The second-order valence-corrected chi connectivity index (χ2v) is 5.78. The van der Waals surface area contributed by atoms with Crippen LogP contribution in [0.1, 0.15) is 5.69 Å². The second kappa shape index (κ2) is 6.02. The van der Waals surface area contributed by atoms with Crippen LogP contribution in [0.5, 0.6) is 0 Å². The minimum absolute atomic E-state index is 0.435. The summed E-state index contributed by atoms with van der Waals surface area (Å²) in [5, 5.41) is 1.59. The Hall–Kier alpha value is -0.610. The van der Waals surface area contributed by atoms with Gasteiger partial charge in [0.15, 0.2) is 0 Å². The Balaban J connectivity index is 2.11. The van der Waals surface area contributed by atoms with Gasteiger partial charge in [0, 0.05) is 10.6 Å². The number of anilines is 1. The number of nitrogens with two attached hydrogens (primary N) is 1. The van der Waals surface area contributed by atoms with Crippen molar-refractivity contribution < 1.29 is 0 Å². The van der Waals surface area contributed by atoms with Crippen molar-refractivity contribution in [2.45, 2.75) is 10.6 Å². The summed E-state index contributed by atoms with van der Waals surface area (Å²) in [5.41, 5.74) is 6.97. The molecule has 0 aliphatic heterocycles. The van der Waals surface area contributed by atoms with Crippen LogP contribution >= 0.6 is 46.6 Å². The molecule has 0 bridgehead atoms. The van der Waals surface area contributed by atoms with Gasteiger partial charge in [-0.3, -0.25) is 0 Å². The first-order valence-corrected chi connectivity index (χ1v) is 7.17. The van der Waals surface area contributed by atoms with Crippen molar-refractivity contribution in [2.75, 3.05) is 5.73 Å². The van der Waals surface area contributed by atoms with Gasteiger partial charge in [0.05, 0.1) is 21.4 Å². The molecule has 1 aromatic carbocycles. The zero-order valence-electron chi connectivity index (χ0n) is 9.16. The number of hydrogen-bond acceptors (Lipinski definition) is 3. The van der Waals surface area contributed by atoms with Crippen molar-refractivity contribution >= 4 is 52.3 Å². The number of benzene rings is 1. The summed E-state index contributed by atoms with van der Waals surface area (Å²) >= 11 is 19.4. The molecular weight excluding hydrogens is 311 g/mol. The first-order valence-electron chi connectivity index (χ1n) is 5.05. The second-order valence-electron chi connectivity index (χ2n) is 3.53. The summed E-state index contributed by atoms with van der Waals surface area (Å²) in [7, 11) is 0. The molecule has 2 aromatic rings. The third-order valence-electron chi connectivity index (χ3n) is 2.23. The SMILES string of the molecule is Nc1ccc(SCc2nc(Cl)ccc2Cl)cc1Cl. The first kappa shape index (κ1) is 13.8. The molecule has 1 heterocycles. The topological polar surface area (TPSA) is 38.9 Å². The van der Waals surface area contributed by atoms with Crippen molar-refractivity contribution in [3.05, 3.63) is 51.2 Å². The molecule has 2 rings (SSSR count). The number of rotatable bonds is 3. The lowest BCUT2D eigenvalue weighted by Gasteiger charge is -2.05. The van der Waals surface area contributed by atoms with Crippen LogP contribution in [0.3, 0.4) is 0 Å². The van der Waals surface area contributed by atoms with E-state index in [2.05, 4.69) is 4.98 Å². The molecule has 0 atom stereocenters. The van der Waals surface area contributed by atoms with Crippen LogP contribution in [-0.4, -0.2) is 4.98 Å². The lowest BCUT2D eigenvalue weighted by molar-refractivity contribution is 1.17. The van der Waals surface area contributed by atoms with Gasteiger partial charge in [-0.1, -0.05) is 34.8 Å². The zero-order chi connectivity index (χ0) is 13.1. The van der Waals surface area contributed by atoms with Crippen molar-refractivity contribution in [3.63, 3.8) is 0 Å². The number of hydrogen-bond donors (Lipinski definition) is 1. The summed E-state index contributed by atoms with van der Waals surface area (Å²) in [6.45, 7) is 0. The van der Waals surface area contributed by atoms with Gasteiger partial charge in [-0.15, -0.1) is 11.8 Å². The summed E-state index contributed by atoms with van der Waals surface area (Å²) in [6, 6.07) is 8.91. The number of thioether (sulfide) groups is 1.